The Balaban J connectivity index is 0.000000437. The molecule has 0 bridgehead atoms. The molecule has 5 N–H and O–H groups in total. The zero-order valence-corrected chi connectivity index (χ0v) is 9.21. The third-order valence-corrected chi connectivity index (χ3v) is 2.15. The topological polar surface area (TPSA) is 89.3 Å². The van der Waals surface area contributed by atoms with Crippen molar-refractivity contribution in [2.75, 3.05) is 11.5 Å². The second-order valence-corrected chi connectivity index (χ2v) is 3.35. The molecule has 0 saturated carbocycles. The van der Waals surface area contributed by atoms with E-state index in [0.717, 1.165) is 22.5 Å². The summed E-state index contributed by atoms with van der Waals surface area (Å²) in [5.74, 6) is 0. The Kier molecular flexibility index (Phi) is 4.57. The van der Waals surface area contributed by atoms with Crippen molar-refractivity contribution < 1.29 is 9.90 Å². The van der Waals surface area contributed by atoms with E-state index < -0.39 is 0 Å². The molecule has 0 radical (unpaired) electrons. The summed E-state index contributed by atoms with van der Waals surface area (Å²) in [4.78, 5) is 8.36. The number of carbonyl (C=O) groups is 1. The van der Waals surface area contributed by atoms with Crippen LogP contribution in [0.4, 0.5) is 11.4 Å². The lowest BCUT2D eigenvalue weighted by atomic mass is 10.1. The summed E-state index contributed by atoms with van der Waals surface area (Å²) in [7, 11) is 0. The minimum atomic E-state index is -0.250. The number of carboxylic acid groups (broad SMARTS) is 1. The van der Waals surface area contributed by atoms with Crippen LogP contribution in [0.15, 0.2) is 48.5 Å². The van der Waals surface area contributed by atoms with Crippen LogP contribution >= 0.6 is 0 Å². The number of hydrogen-bond donors (Lipinski definition) is 3. The summed E-state index contributed by atoms with van der Waals surface area (Å²) in [6.45, 7) is -0.250. The molecule has 0 amide bonds. The smallest absolute Gasteiger partial charge is 0.290 e. The molecule has 0 spiro atoms. The average molecular weight is 230 g/mol. The molecule has 2 aromatic rings. The van der Waals surface area contributed by atoms with Gasteiger partial charge in [-0.05, 0) is 35.4 Å². The predicted molar refractivity (Wildman–Crippen MR) is 69.4 cm³/mol. The Bertz CT molecular complexity index is 420. The molecule has 4 heteroatoms. The minimum absolute atomic E-state index is 0.250. The maximum absolute atomic E-state index is 8.36. The highest BCUT2D eigenvalue weighted by Gasteiger charge is 1.95. The molecule has 0 aliphatic heterocycles. The van der Waals surface area contributed by atoms with Crippen LogP contribution in [0.5, 0.6) is 0 Å². The Morgan fingerprint density at radius 2 is 1.00 bits per heavy atom. The molecular weight excluding hydrogens is 216 g/mol. The van der Waals surface area contributed by atoms with Crippen LogP contribution in [0.3, 0.4) is 0 Å². The van der Waals surface area contributed by atoms with E-state index >= 15 is 0 Å². The molecule has 0 aromatic heterocycles. The summed E-state index contributed by atoms with van der Waals surface area (Å²) in [6.07, 6.45) is 0. The molecule has 0 aliphatic rings. The van der Waals surface area contributed by atoms with Crippen LogP contribution in [-0.4, -0.2) is 11.6 Å². The van der Waals surface area contributed by atoms with E-state index in [1.165, 1.54) is 0 Å². The fraction of sp³-hybridized carbons (Fsp3) is 0. The number of benzene rings is 2. The van der Waals surface area contributed by atoms with E-state index in [-0.39, 0.29) is 6.47 Å². The quantitative estimate of drug-likeness (QED) is 0.517. The SMILES string of the molecule is Nc1ccc(-c2ccc(N)cc2)cc1.O=CO. The first-order valence-electron chi connectivity index (χ1n) is 4.96. The summed E-state index contributed by atoms with van der Waals surface area (Å²) in [5, 5.41) is 6.89. The van der Waals surface area contributed by atoms with Gasteiger partial charge < -0.3 is 16.6 Å². The molecule has 17 heavy (non-hydrogen) atoms. The van der Waals surface area contributed by atoms with Gasteiger partial charge in [-0.25, -0.2) is 0 Å². The van der Waals surface area contributed by atoms with E-state index in [0.29, 0.717) is 0 Å². The molecule has 2 aromatic carbocycles. The van der Waals surface area contributed by atoms with Crippen LogP contribution in [0, 0.1) is 0 Å². The summed E-state index contributed by atoms with van der Waals surface area (Å²) in [5.41, 5.74) is 15.1. The molecule has 0 saturated heterocycles. The van der Waals surface area contributed by atoms with E-state index in [2.05, 4.69) is 0 Å². The Morgan fingerprint density at radius 3 is 1.24 bits per heavy atom. The van der Waals surface area contributed by atoms with E-state index in [9.17, 15) is 0 Å². The van der Waals surface area contributed by atoms with Crippen molar-refractivity contribution in [3.8, 4) is 11.1 Å². The third-order valence-electron chi connectivity index (χ3n) is 2.15. The van der Waals surface area contributed by atoms with Gasteiger partial charge in [0.1, 0.15) is 0 Å². The highest BCUT2D eigenvalue weighted by Crippen LogP contribution is 2.21. The number of anilines is 2. The zero-order chi connectivity index (χ0) is 12.7. The predicted octanol–water partition coefficient (Wildman–Crippen LogP) is 2.22. The normalized spacial score (nSPS) is 8.94. The number of rotatable bonds is 1. The molecule has 0 fully saturated rings. The molecule has 4 nitrogen and oxygen atoms in total. The Labute approximate surface area is 99.5 Å². The maximum Gasteiger partial charge on any atom is 0.290 e. The van der Waals surface area contributed by atoms with Crippen molar-refractivity contribution in [1.29, 1.82) is 0 Å². The first-order chi connectivity index (χ1) is 8.17. The number of nitrogens with two attached hydrogens (primary N) is 2. The molecule has 0 unspecified atom stereocenters. The Morgan fingerprint density at radius 1 is 0.765 bits per heavy atom. The lowest BCUT2D eigenvalue weighted by Crippen LogP contribution is -1.85. The van der Waals surface area contributed by atoms with Crippen molar-refractivity contribution in [2.24, 2.45) is 0 Å². The van der Waals surface area contributed by atoms with Gasteiger partial charge in [-0.2, -0.15) is 0 Å². The molecular formula is C13H14N2O2. The largest absolute Gasteiger partial charge is 0.483 e. The van der Waals surface area contributed by atoms with E-state index in [4.69, 9.17) is 21.4 Å². The van der Waals surface area contributed by atoms with Crippen LogP contribution in [0.25, 0.3) is 11.1 Å². The van der Waals surface area contributed by atoms with Crippen molar-refractivity contribution in [2.45, 2.75) is 0 Å². The second-order valence-electron chi connectivity index (χ2n) is 3.35. The third kappa shape index (κ3) is 3.87. The highest BCUT2D eigenvalue weighted by molar-refractivity contribution is 5.67. The standard InChI is InChI=1S/C12H12N2.CH2O2/c13-11-5-1-9(2-6-11)10-3-7-12(14)8-4-10;2-1-3/h1-8H,13-14H2;1H,(H,2,3). The molecule has 2 rings (SSSR count). The van der Waals surface area contributed by atoms with Crippen LogP contribution in [0.1, 0.15) is 0 Å². The van der Waals surface area contributed by atoms with Crippen LogP contribution in [0.2, 0.25) is 0 Å². The van der Waals surface area contributed by atoms with Gasteiger partial charge in [-0.1, -0.05) is 24.3 Å². The second kappa shape index (κ2) is 6.17. The molecule has 88 valence electrons. The monoisotopic (exact) mass is 230 g/mol. The lowest BCUT2D eigenvalue weighted by Gasteiger charge is -2.02. The van der Waals surface area contributed by atoms with Crippen LogP contribution < -0.4 is 11.5 Å². The van der Waals surface area contributed by atoms with Crippen molar-refractivity contribution >= 4 is 17.8 Å². The van der Waals surface area contributed by atoms with Gasteiger partial charge in [0.2, 0.25) is 0 Å². The first kappa shape index (κ1) is 12.6. The highest BCUT2D eigenvalue weighted by atomic mass is 16.3. The zero-order valence-electron chi connectivity index (χ0n) is 9.21. The van der Waals surface area contributed by atoms with Crippen molar-refractivity contribution in [3.63, 3.8) is 0 Å². The van der Waals surface area contributed by atoms with E-state index in [1.807, 2.05) is 48.5 Å². The van der Waals surface area contributed by atoms with Gasteiger partial charge in [-0.3, -0.25) is 4.79 Å². The van der Waals surface area contributed by atoms with Crippen molar-refractivity contribution in [3.05, 3.63) is 48.5 Å². The van der Waals surface area contributed by atoms with Gasteiger partial charge in [0.05, 0.1) is 0 Å². The Hall–Kier alpha value is -2.49. The van der Waals surface area contributed by atoms with Gasteiger partial charge in [-0.15, -0.1) is 0 Å². The minimum Gasteiger partial charge on any atom is -0.483 e. The maximum atomic E-state index is 8.36. The van der Waals surface area contributed by atoms with Gasteiger partial charge in [0.15, 0.2) is 0 Å². The summed E-state index contributed by atoms with van der Waals surface area (Å²) >= 11 is 0. The average Bonchev–Trinajstić information content (AvgIpc) is 2.32. The van der Waals surface area contributed by atoms with Gasteiger partial charge >= 0.3 is 0 Å². The van der Waals surface area contributed by atoms with E-state index in [1.54, 1.807) is 0 Å². The molecule has 0 atom stereocenters. The fourth-order valence-corrected chi connectivity index (χ4v) is 1.35. The number of nitrogen functional groups attached to an aromatic ring is 2. The lowest BCUT2D eigenvalue weighted by molar-refractivity contribution is -0.122. The fourth-order valence-electron chi connectivity index (χ4n) is 1.35. The molecule has 0 heterocycles. The summed E-state index contributed by atoms with van der Waals surface area (Å²) < 4.78 is 0. The van der Waals surface area contributed by atoms with Gasteiger partial charge in [0, 0.05) is 11.4 Å². The van der Waals surface area contributed by atoms with Gasteiger partial charge in [0.25, 0.3) is 6.47 Å². The molecule has 0 aliphatic carbocycles. The van der Waals surface area contributed by atoms with Crippen LogP contribution in [-0.2, 0) is 4.79 Å². The summed E-state index contributed by atoms with van der Waals surface area (Å²) in [6, 6.07) is 15.6. The first-order valence-corrected chi connectivity index (χ1v) is 4.96. The van der Waals surface area contributed by atoms with Crippen molar-refractivity contribution in [1.82, 2.24) is 0 Å². The number of hydrogen-bond acceptors (Lipinski definition) is 3.